The molecule has 4 rings (SSSR count). The highest BCUT2D eigenvalue weighted by molar-refractivity contribution is 6.51. The largest absolute Gasteiger partial charge is 0.507 e. The number of carbonyl (C=O) groups is 2. The van der Waals surface area contributed by atoms with Gasteiger partial charge in [-0.15, -0.1) is 0 Å². The Kier molecular flexibility index (Phi) is 6.24. The lowest BCUT2D eigenvalue weighted by atomic mass is 9.99. The molecule has 0 spiro atoms. The zero-order valence-electron chi connectivity index (χ0n) is 17.9. The van der Waals surface area contributed by atoms with Crippen molar-refractivity contribution in [3.8, 4) is 5.75 Å². The molecular weight excluding hydrogens is 449 g/mol. The number of ketones is 1. The molecule has 1 atom stereocenters. The normalized spacial score (nSPS) is 17.7. The molecule has 33 heavy (non-hydrogen) atoms. The van der Waals surface area contributed by atoms with Gasteiger partial charge in [-0.2, -0.15) is 0 Å². The minimum absolute atomic E-state index is 0.156. The van der Waals surface area contributed by atoms with Crippen LogP contribution in [0.2, 0.25) is 5.02 Å². The number of carbonyl (C=O) groups excluding carboxylic acids is 2. The number of anilines is 1. The van der Waals surface area contributed by atoms with Crippen LogP contribution in [-0.4, -0.2) is 23.4 Å². The number of halogens is 2. The lowest BCUT2D eigenvalue weighted by Gasteiger charge is -2.23. The Morgan fingerprint density at radius 3 is 2.64 bits per heavy atom. The summed E-state index contributed by atoms with van der Waals surface area (Å²) in [5, 5.41) is 10.9. The molecule has 1 aliphatic rings. The smallest absolute Gasteiger partial charge is 0.300 e. The molecule has 1 aliphatic heterocycles. The maximum atomic E-state index is 13.7. The van der Waals surface area contributed by atoms with E-state index in [0.717, 1.165) is 11.0 Å². The Bertz CT molecular complexity index is 1240. The van der Waals surface area contributed by atoms with Gasteiger partial charge in [0.25, 0.3) is 11.7 Å². The van der Waals surface area contributed by atoms with Gasteiger partial charge in [-0.3, -0.25) is 14.5 Å². The summed E-state index contributed by atoms with van der Waals surface area (Å²) in [6.45, 7) is 4.50. The number of aliphatic hydroxyl groups is 1. The molecule has 1 saturated heterocycles. The summed E-state index contributed by atoms with van der Waals surface area (Å²) in [6, 6.07) is 12.4. The average molecular weight is 470 g/mol. The minimum Gasteiger partial charge on any atom is -0.507 e. The van der Waals surface area contributed by atoms with Gasteiger partial charge in [0.2, 0.25) is 0 Å². The summed E-state index contributed by atoms with van der Waals surface area (Å²) < 4.78 is 24.9. The van der Waals surface area contributed by atoms with Gasteiger partial charge >= 0.3 is 0 Å². The van der Waals surface area contributed by atoms with Crippen LogP contribution in [0.5, 0.6) is 5.75 Å². The molecule has 0 saturated carbocycles. The van der Waals surface area contributed by atoms with Gasteiger partial charge < -0.3 is 14.3 Å². The van der Waals surface area contributed by atoms with E-state index in [2.05, 4.69) is 0 Å². The Morgan fingerprint density at radius 2 is 1.97 bits per heavy atom. The predicted octanol–water partition coefficient (Wildman–Crippen LogP) is 5.73. The summed E-state index contributed by atoms with van der Waals surface area (Å²) in [5.41, 5.74) is 0.345. The highest BCUT2D eigenvalue weighted by atomic mass is 35.5. The van der Waals surface area contributed by atoms with Gasteiger partial charge in [0.05, 0.1) is 23.5 Å². The molecule has 3 aromatic rings. The first kappa shape index (κ1) is 22.6. The molecule has 1 aromatic heterocycles. The minimum atomic E-state index is -1.07. The predicted molar refractivity (Wildman–Crippen MR) is 122 cm³/mol. The van der Waals surface area contributed by atoms with Crippen LogP contribution < -0.4 is 9.64 Å². The number of hydrogen-bond donors (Lipinski definition) is 1. The lowest BCUT2D eigenvalue weighted by molar-refractivity contribution is -0.132. The zero-order chi connectivity index (χ0) is 23.7. The second-order valence-electron chi connectivity index (χ2n) is 8.02. The van der Waals surface area contributed by atoms with Gasteiger partial charge in [-0.25, -0.2) is 4.39 Å². The van der Waals surface area contributed by atoms with Gasteiger partial charge in [0, 0.05) is 11.3 Å². The molecule has 6 nitrogen and oxygen atoms in total. The van der Waals surface area contributed by atoms with Crippen molar-refractivity contribution in [2.75, 3.05) is 11.5 Å². The Balaban J connectivity index is 1.83. The number of rotatable bonds is 6. The van der Waals surface area contributed by atoms with Crippen LogP contribution in [0.4, 0.5) is 10.1 Å². The van der Waals surface area contributed by atoms with Crippen molar-refractivity contribution in [1.82, 2.24) is 0 Å². The number of hydrogen-bond acceptors (Lipinski definition) is 5. The standard InChI is InChI=1S/C25H21ClFNO5/c1-14(2)13-33-17-6-3-5-15(11-17)23(29)21-22(20-7-4-10-32-20)28(25(31)24(21)30)16-8-9-19(27)18(26)12-16/h3-12,14,22,29H,13H2,1-2H3/b23-21-. The van der Waals surface area contributed by atoms with E-state index in [-0.39, 0.29) is 27.8 Å². The van der Waals surface area contributed by atoms with Crippen LogP contribution >= 0.6 is 11.6 Å². The Morgan fingerprint density at radius 1 is 1.18 bits per heavy atom. The number of amides is 1. The lowest BCUT2D eigenvalue weighted by Crippen LogP contribution is -2.29. The van der Waals surface area contributed by atoms with Crippen LogP contribution in [0.15, 0.2) is 70.9 Å². The monoisotopic (exact) mass is 469 g/mol. The van der Waals surface area contributed by atoms with Crippen molar-refractivity contribution in [2.24, 2.45) is 5.92 Å². The summed E-state index contributed by atoms with van der Waals surface area (Å²) in [6.07, 6.45) is 1.40. The fourth-order valence-electron chi connectivity index (χ4n) is 3.60. The highest BCUT2D eigenvalue weighted by Gasteiger charge is 2.48. The summed E-state index contributed by atoms with van der Waals surface area (Å²) >= 11 is 5.92. The third-order valence-corrected chi connectivity index (χ3v) is 5.42. The molecule has 0 bridgehead atoms. The number of benzene rings is 2. The van der Waals surface area contributed by atoms with E-state index >= 15 is 0 Å². The third kappa shape index (κ3) is 4.36. The molecule has 8 heteroatoms. The van der Waals surface area contributed by atoms with E-state index in [1.807, 2.05) is 13.8 Å². The Labute approximate surface area is 194 Å². The van der Waals surface area contributed by atoms with E-state index in [9.17, 15) is 19.1 Å². The van der Waals surface area contributed by atoms with Crippen molar-refractivity contribution in [2.45, 2.75) is 19.9 Å². The van der Waals surface area contributed by atoms with E-state index in [1.165, 1.54) is 18.4 Å². The van der Waals surface area contributed by atoms with E-state index < -0.39 is 23.5 Å². The van der Waals surface area contributed by atoms with E-state index in [1.54, 1.807) is 36.4 Å². The average Bonchev–Trinajstić information content (AvgIpc) is 3.41. The topological polar surface area (TPSA) is 80.0 Å². The summed E-state index contributed by atoms with van der Waals surface area (Å²) in [5.74, 6) is -1.76. The molecule has 2 heterocycles. The number of nitrogens with zero attached hydrogens (tertiary/aromatic N) is 1. The molecule has 1 unspecified atom stereocenters. The van der Waals surface area contributed by atoms with Crippen LogP contribution in [-0.2, 0) is 9.59 Å². The number of furan rings is 1. The van der Waals surface area contributed by atoms with Gasteiger partial charge in [0.15, 0.2) is 0 Å². The van der Waals surface area contributed by atoms with E-state index in [4.69, 9.17) is 20.8 Å². The number of aliphatic hydroxyl groups excluding tert-OH is 1. The number of ether oxygens (including phenoxy) is 1. The molecule has 1 amide bonds. The second kappa shape index (κ2) is 9.11. The first-order valence-electron chi connectivity index (χ1n) is 10.3. The molecule has 170 valence electrons. The van der Waals surface area contributed by atoms with Crippen LogP contribution in [0.25, 0.3) is 5.76 Å². The van der Waals surface area contributed by atoms with Crippen LogP contribution in [0, 0.1) is 11.7 Å². The summed E-state index contributed by atoms with van der Waals surface area (Å²) in [4.78, 5) is 27.2. The van der Waals surface area contributed by atoms with Crippen molar-refractivity contribution < 1.29 is 28.2 Å². The highest BCUT2D eigenvalue weighted by Crippen LogP contribution is 2.43. The zero-order valence-corrected chi connectivity index (χ0v) is 18.7. The van der Waals surface area contributed by atoms with Crippen molar-refractivity contribution >= 4 is 34.7 Å². The number of Topliss-reactive ketones (excluding diaryl/α,β-unsaturated/α-hetero) is 1. The van der Waals surface area contributed by atoms with Crippen molar-refractivity contribution in [3.63, 3.8) is 0 Å². The van der Waals surface area contributed by atoms with Crippen molar-refractivity contribution in [3.05, 3.63) is 88.6 Å². The molecule has 0 aliphatic carbocycles. The van der Waals surface area contributed by atoms with E-state index in [0.29, 0.717) is 23.8 Å². The van der Waals surface area contributed by atoms with Gasteiger partial charge in [-0.1, -0.05) is 37.6 Å². The van der Waals surface area contributed by atoms with Crippen LogP contribution in [0.3, 0.4) is 0 Å². The van der Waals surface area contributed by atoms with Crippen LogP contribution in [0.1, 0.15) is 31.2 Å². The molecule has 0 radical (unpaired) electrons. The quantitative estimate of drug-likeness (QED) is 0.283. The third-order valence-electron chi connectivity index (χ3n) is 5.13. The maximum Gasteiger partial charge on any atom is 0.300 e. The maximum absolute atomic E-state index is 13.7. The molecule has 1 fully saturated rings. The molecular formula is C25H21ClFNO5. The SMILES string of the molecule is CC(C)COc1cccc(/C(O)=C2/C(=O)C(=O)N(c3ccc(F)c(Cl)c3)C2c2ccco2)c1. The molecule has 2 aromatic carbocycles. The first-order chi connectivity index (χ1) is 15.8. The second-order valence-corrected chi connectivity index (χ2v) is 8.42. The Hall–Kier alpha value is -3.58. The summed E-state index contributed by atoms with van der Waals surface area (Å²) in [7, 11) is 0. The fourth-order valence-corrected chi connectivity index (χ4v) is 3.78. The first-order valence-corrected chi connectivity index (χ1v) is 10.7. The molecule has 1 N–H and O–H groups in total. The fraction of sp³-hybridized carbons (Fsp3) is 0.200. The van der Waals surface area contributed by atoms with Gasteiger partial charge in [0.1, 0.15) is 29.1 Å². The van der Waals surface area contributed by atoms with Gasteiger partial charge in [-0.05, 0) is 48.4 Å². The van der Waals surface area contributed by atoms with Crippen molar-refractivity contribution in [1.29, 1.82) is 0 Å².